The van der Waals surface area contributed by atoms with Crippen molar-refractivity contribution in [2.45, 2.75) is 32.9 Å². The Morgan fingerprint density at radius 1 is 1.05 bits per heavy atom. The van der Waals surface area contributed by atoms with Crippen LogP contribution >= 0.6 is 23.2 Å². The minimum atomic E-state index is -0.187. The molecule has 0 atom stereocenters. The molecule has 1 aliphatic heterocycles. The van der Waals surface area contributed by atoms with E-state index in [4.69, 9.17) is 28.2 Å². The van der Waals surface area contributed by atoms with E-state index in [1.54, 1.807) is 46.3 Å². The van der Waals surface area contributed by atoms with Crippen molar-refractivity contribution in [3.05, 3.63) is 98.3 Å². The largest absolute Gasteiger partial charge is 0.353 e. The van der Waals surface area contributed by atoms with Crippen LogP contribution in [0, 0.1) is 0 Å². The molecule has 2 aromatic carbocycles. The van der Waals surface area contributed by atoms with Crippen molar-refractivity contribution < 1.29 is 4.79 Å². The molecular weight excluding hydrogens is 511 g/mol. The van der Waals surface area contributed by atoms with Crippen LogP contribution in [0.2, 0.25) is 10.0 Å². The lowest BCUT2D eigenvalue weighted by Crippen LogP contribution is -2.41. The van der Waals surface area contributed by atoms with Gasteiger partial charge in [0.1, 0.15) is 0 Å². The van der Waals surface area contributed by atoms with E-state index in [0.717, 1.165) is 11.3 Å². The smallest absolute Gasteiger partial charge is 0.263 e. The van der Waals surface area contributed by atoms with E-state index >= 15 is 0 Å². The van der Waals surface area contributed by atoms with Crippen LogP contribution in [0.1, 0.15) is 35.5 Å². The number of benzene rings is 2. The molecule has 1 N–H and O–H groups in total. The molecule has 0 saturated carbocycles. The second-order valence-electron chi connectivity index (χ2n) is 9.04. The van der Waals surface area contributed by atoms with Gasteiger partial charge < -0.3 is 10.2 Å². The highest BCUT2D eigenvalue weighted by Crippen LogP contribution is 2.26. The summed E-state index contributed by atoms with van der Waals surface area (Å²) in [7, 11) is 0. The molecule has 1 amide bonds. The van der Waals surface area contributed by atoms with Crippen LogP contribution < -0.4 is 10.9 Å². The Bertz CT molecular complexity index is 1520. The van der Waals surface area contributed by atoms with Gasteiger partial charge in [-0.1, -0.05) is 35.3 Å². The summed E-state index contributed by atoms with van der Waals surface area (Å²) in [5.41, 5.74) is 3.80. The quantitative estimate of drug-likeness (QED) is 0.386. The van der Waals surface area contributed by atoms with Crippen molar-refractivity contribution >= 4 is 35.1 Å². The van der Waals surface area contributed by atoms with Gasteiger partial charge in [-0.05, 0) is 50.6 Å². The maximum Gasteiger partial charge on any atom is 0.263 e. The molecule has 10 heteroatoms. The molecule has 4 aromatic rings. The highest BCUT2D eigenvalue weighted by atomic mass is 35.5. The van der Waals surface area contributed by atoms with Gasteiger partial charge in [0.05, 0.1) is 39.9 Å². The fourth-order valence-corrected chi connectivity index (χ4v) is 4.60. The first-order valence-electron chi connectivity index (χ1n) is 11.8. The van der Waals surface area contributed by atoms with Crippen molar-refractivity contribution in [1.82, 2.24) is 24.4 Å². The number of hydrogen-bond donors (Lipinski definition) is 1. The molecule has 5 rings (SSSR count). The Labute approximate surface area is 223 Å². The van der Waals surface area contributed by atoms with Crippen molar-refractivity contribution in [3.8, 4) is 16.9 Å². The van der Waals surface area contributed by atoms with Gasteiger partial charge in [-0.25, -0.2) is 9.55 Å². The highest BCUT2D eigenvalue weighted by molar-refractivity contribution is 6.42. The zero-order valence-corrected chi connectivity index (χ0v) is 21.8. The lowest BCUT2D eigenvalue weighted by Gasteiger charge is -2.29. The van der Waals surface area contributed by atoms with Crippen LogP contribution in [0.4, 0.5) is 5.95 Å². The van der Waals surface area contributed by atoms with E-state index in [0.29, 0.717) is 51.5 Å². The van der Waals surface area contributed by atoms with Crippen molar-refractivity contribution in [2.75, 3.05) is 11.9 Å². The Hall–Kier alpha value is -3.75. The van der Waals surface area contributed by atoms with Crippen LogP contribution in [-0.2, 0) is 13.0 Å². The number of halogens is 2. The van der Waals surface area contributed by atoms with E-state index in [2.05, 4.69) is 15.3 Å². The van der Waals surface area contributed by atoms with Crippen LogP contribution in [0.3, 0.4) is 0 Å². The molecule has 0 unspecified atom stereocenters. The zero-order chi connectivity index (χ0) is 26.1. The number of rotatable bonds is 5. The predicted octanol–water partition coefficient (Wildman–Crippen LogP) is 5.02. The van der Waals surface area contributed by atoms with Crippen LogP contribution in [0.15, 0.2) is 65.8 Å². The fourth-order valence-electron chi connectivity index (χ4n) is 4.30. The normalized spacial score (nSPS) is 12.9. The summed E-state index contributed by atoms with van der Waals surface area (Å²) in [4.78, 5) is 41.8. The molecule has 0 saturated heterocycles. The Morgan fingerprint density at radius 3 is 2.51 bits per heavy atom. The van der Waals surface area contributed by atoms with E-state index < -0.39 is 0 Å². The third-order valence-corrected chi connectivity index (χ3v) is 6.83. The topological polar surface area (TPSA) is 93.0 Å². The van der Waals surface area contributed by atoms with Gasteiger partial charge in [-0.15, -0.1) is 0 Å². The summed E-state index contributed by atoms with van der Waals surface area (Å²) < 4.78 is 1.59. The molecule has 3 heterocycles. The standard InChI is InChI=1S/C27H24Cl2N6O2/c1-16(2)32-27-33-24-15-34(25(36)18-5-8-21(28)22(29)13-18)12-9-20(24)26(37)35(27)19-6-3-17(4-7-19)23-14-30-10-11-31-23/h3-8,10-11,13-14,16H,9,12,15H2,1-2H3,(H,32,33). The number of nitrogens with one attached hydrogen (secondary N) is 1. The van der Waals surface area contributed by atoms with Crippen molar-refractivity contribution in [3.63, 3.8) is 0 Å². The molecule has 0 radical (unpaired) electrons. The minimum Gasteiger partial charge on any atom is -0.353 e. The molecular formula is C27H24Cl2N6O2. The van der Waals surface area contributed by atoms with Gasteiger partial charge in [-0.3, -0.25) is 19.6 Å². The Morgan fingerprint density at radius 2 is 1.84 bits per heavy atom. The molecule has 0 aliphatic carbocycles. The molecule has 0 spiro atoms. The lowest BCUT2D eigenvalue weighted by molar-refractivity contribution is 0.0731. The lowest BCUT2D eigenvalue weighted by atomic mass is 10.0. The molecule has 0 bridgehead atoms. The average molecular weight is 535 g/mol. The summed E-state index contributed by atoms with van der Waals surface area (Å²) >= 11 is 12.1. The van der Waals surface area contributed by atoms with Gasteiger partial charge >= 0.3 is 0 Å². The van der Waals surface area contributed by atoms with Crippen LogP contribution in [0.5, 0.6) is 0 Å². The number of carbonyl (C=O) groups excluding carboxylic acids is 1. The monoisotopic (exact) mass is 534 g/mol. The molecule has 0 fully saturated rings. The summed E-state index contributed by atoms with van der Waals surface area (Å²) in [6.07, 6.45) is 5.35. The van der Waals surface area contributed by atoms with E-state index in [1.165, 1.54) is 0 Å². The second kappa shape index (κ2) is 10.3. The van der Waals surface area contributed by atoms with Gasteiger partial charge in [-0.2, -0.15) is 0 Å². The maximum atomic E-state index is 13.7. The number of aromatic nitrogens is 4. The Kier molecular flexibility index (Phi) is 6.95. The van der Waals surface area contributed by atoms with E-state index in [1.807, 2.05) is 38.1 Å². The number of fused-ring (bicyclic) bond motifs is 1. The first kappa shape index (κ1) is 24.9. The minimum absolute atomic E-state index is 0.0348. The summed E-state index contributed by atoms with van der Waals surface area (Å²) in [5.74, 6) is 0.239. The SMILES string of the molecule is CC(C)Nc1nc2c(c(=O)n1-c1ccc(-c3cnccn3)cc1)CCN(C(=O)c1ccc(Cl)c(Cl)c1)C2. The van der Waals surface area contributed by atoms with Crippen molar-refractivity contribution in [1.29, 1.82) is 0 Å². The van der Waals surface area contributed by atoms with Gasteiger partial charge in [0.25, 0.3) is 11.5 Å². The Balaban J connectivity index is 1.50. The second-order valence-corrected chi connectivity index (χ2v) is 9.86. The molecule has 1 aliphatic rings. The molecule has 188 valence electrons. The number of nitrogens with zero attached hydrogens (tertiary/aromatic N) is 5. The van der Waals surface area contributed by atoms with E-state index in [-0.39, 0.29) is 24.1 Å². The van der Waals surface area contributed by atoms with Gasteiger partial charge in [0.2, 0.25) is 5.95 Å². The zero-order valence-electron chi connectivity index (χ0n) is 20.3. The summed E-state index contributed by atoms with van der Waals surface area (Å²) in [5, 5.41) is 4.00. The average Bonchev–Trinajstić information content (AvgIpc) is 2.90. The number of amides is 1. The number of carbonyl (C=O) groups is 1. The molecule has 37 heavy (non-hydrogen) atoms. The van der Waals surface area contributed by atoms with Crippen LogP contribution in [0.25, 0.3) is 16.9 Å². The maximum absolute atomic E-state index is 13.7. The van der Waals surface area contributed by atoms with Crippen LogP contribution in [-0.4, -0.2) is 42.9 Å². The number of anilines is 1. The number of hydrogen-bond acceptors (Lipinski definition) is 6. The summed E-state index contributed by atoms with van der Waals surface area (Å²) in [6.45, 7) is 4.58. The van der Waals surface area contributed by atoms with E-state index in [9.17, 15) is 9.59 Å². The predicted molar refractivity (Wildman–Crippen MR) is 145 cm³/mol. The fraction of sp³-hybridized carbons (Fsp3) is 0.222. The van der Waals surface area contributed by atoms with Gasteiger partial charge in [0.15, 0.2) is 0 Å². The summed E-state index contributed by atoms with van der Waals surface area (Å²) in [6, 6.07) is 12.4. The van der Waals surface area contributed by atoms with Crippen molar-refractivity contribution in [2.24, 2.45) is 0 Å². The first-order chi connectivity index (χ1) is 17.8. The molecule has 8 nitrogen and oxygen atoms in total. The third kappa shape index (κ3) is 5.08. The van der Waals surface area contributed by atoms with Gasteiger partial charge in [0, 0.05) is 41.7 Å². The molecule has 2 aromatic heterocycles. The third-order valence-electron chi connectivity index (χ3n) is 6.09. The highest BCUT2D eigenvalue weighted by Gasteiger charge is 2.27. The first-order valence-corrected chi connectivity index (χ1v) is 12.6.